The largest absolute Gasteiger partial charge is 0.395 e. The summed E-state index contributed by atoms with van der Waals surface area (Å²) in [5.74, 6) is -0.152. The number of nitrogens with one attached hydrogen (secondary N) is 1. The summed E-state index contributed by atoms with van der Waals surface area (Å²) in [6.07, 6.45) is 1.10. The summed E-state index contributed by atoms with van der Waals surface area (Å²) in [7, 11) is 0. The standard InChI is InChI=1S/C8H16N2O3/c9-6-1-2-7(13-5-6)8(12)10-3-4-11/h6-7,11H,1-5,9H2,(H,10,12)/t6-,7+/m1/s1. The van der Waals surface area contributed by atoms with Crippen molar-refractivity contribution in [3.05, 3.63) is 0 Å². The highest BCUT2D eigenvalue weighted by Crippen LogP contribution is 2.11. The first kappa shape index (κ1) is 10.4. The molecule has 1 saturated heterocycles. The Morgan fingerprint density at radius 2 is 2.38 bits per heavy atom. The van der Waals surface area contributed by atoms with E-state index in [2.05, 4.69) is 5.32 Å². The van der Waals surface area contributed by atoms with Crippen molar-refractivity contribution in [2.24, 2.45) is 5.73 Å². The van der Waals surface area contributed by atoms with Gasteiger partial charge < -0.3 is 20.9 Å². The van der Waals surface area contributed by atoms with Crippen LogP contribution in [-0.4, -0.2) is 42.9 Å². The molecule has 5 nitrogen and oxygen atoms in total. The number of carbonyl (C=O) groups is 1. The first-order valence-corrected chi connectivity index (χ1v) is 4.50. The Balaban J connectivity index is 2.23. The SMILES string of the molecule is N[C@@H]1CC[C@@H](C(=O)NCCO)OC1. The second-order valence-corrected chi connectivity index (χ2v) is 3.17. The Bertz CT molecular complexity index is 167. The molecule has 1 heterocycles. The summed E-state index contributed by atoms with van der Waals surface area (Å²) in [5.41, 5.74) is 5.60. The number of ether oxygens (including phenoxy) is 1. The van der Waals surface area contributed by atoms with Crippen LogP contribution in [0.15, 0.2) is 0 Å². The van der Waals surface area contributed by atoms with E-state index in [4.69, 9.17) is 15.6 Å². The van der Waals surface area contributed by atoms with Gasteiger partial charge in [0.05, 0.1) is 13.2 Å². The van der Waals surface area contributed by atoms with E-state index in [0.29, 0.717) is 13.0 Å². The predicted octanol–water partition coefficient (Wildman–Crippen LogP) is -1.40. The molecule has 0 aromatic carbocycles. The van der Waals surface area contributed by atoms with Crippen molar-refractivity contribution >= 4 is 5.91 Å². The normalized spacial score (nSPS) is 28.5. The molecule has 0 spiro atoms. The molecule has 0 bridgehead atoms. The summed E-state index contributed by atoms with van der Waals surface area (Å²) in [6.45, 7) is 0.680. The average molecular weight is 188 g/mol. The van der Waals surface area contributed by atoms with Crippen molar-refractivity contribution in [2.45, 2.75) is 25.0 Å². The molecule has 1 aliphatic heterocycles. The van der Waals surface area contributed by atoms with Crippen LogP contribution >= 0.6 is 0 Å². The Hall–Kier alpha value is -0.650. The third-order valence-corrected chi connectivity index (χ3v) is 2.01. The maximum absolute atomic E-state index is 11.3. The molecule has 0 unspecified atom stereocenters. The molecule has 1 rings (SSSR count). The second-order valence-electron chi connectivity index (χ2n) is 3.17. The number of aliphatic hydroxyl groups is 1. The molecule has 0 aliphatic carbocycles. The molecule has 0 aromatic rings. The molecule has 1 fully saturated rings. The van der Waals surface area contributed by atoms with Gasteiger partial charge in [0.15, 0.2) is 0 Å². The van der Waals surface area contributed by atoms with Gasteiger partial charge in [-0.1, -0.05) is 0 Å². The molecule has 2 atom stereocenters. The van der Waals surface area contributed by atoms with E-state index < -0.39 is 0 Å². The van der Waals surface area contributed by atoms with E-state index in [9.17, 15) is 4.79 Å². The van der Waals surface area contributed by atoms with E-state index in [-0.39, 0.29) is 31.2 Å². The fourth-order valence-corrected chi connectivity index (χ4v) is 1.27. The van der Waals surface area contributed by atoms with Crippen LogP contribution in [0.4, 0.5) is 0 Å². The lowest BCUT2D eigenvalue weighted by Gasteiger charge is -2.25. The first-order valence-electron chi connectivity index (χ1n) is 4.50. The zero-order valence-electron chi connectivity index (χ0n) is 7.53. The quantitative estimate of drug-likeness (QED) is 0.508. The molecule has 0 aromatic heterocycles. The number of carbonyl (C=O) groups excluding carboxylic acids is 1. The van der Waals surface area contributed by atoms with Gasteiger partial charge in [-0.3, -0.25) is 4.79 Å². The molecule has 1 aliphatic rings. The van der Waals surface area contributed by atoms with Crippen molar-refractivity contribution in [3.8, 4) is 0 Å². The Kier molecular flexibility index (Phi) is 4.14. The fourth-order valence-electron chi connectivity index (χ4n) is 1.27. The lowest BCUT2D eigenvalue weighted by molar-refractivity contribution is -0.136. The van der Waals surface area contributed by atoms with Gasteiger partial charge in [0.25, 0.3) is 0 Å². The number of rotatable bonds is 3. The second kappa shape index (κ2) is 5.16. The van der Waals surface area contributed by atoms with Crippen molar-refractivity contribution in [1.29, 1.82) is 0 Å². The molecule has 5 heteroatoms. The van der Waals surface area contributed by atoms with Gasteiger partial charge in [-0.15, -0.1) is 0 Å². The predicted molar refractivity (Wildman–Crippen MR) is 47.0 cm³/mol. The number of aliphatic hydroxyl groups excluding tert-OH is 1. The summed E-state index contributed by atoms with van der Waals surface area (Å²) in [6, 6.07) is 0.0573. The lowest BCUT2D eigenvalue weighted by Crippen LogP contribution is -2.44. The number of amides is 1. The molecule has 4 N–H and O–H groups in total. The van der Waals surface area contributed by atoms with Crippen LogP contribution in [0.5, 0.6) is 0 Å². The van der Waals surface area contributed by atoms with Gasteiger partial charge in [0.2, 0.25) is 5.91 Å². The number of hydrogen-bond acceptors (Lipinski definition) is 4. The smallest absolute Gasteiger partial charge is 0.249 e. The van der Waals surface area contributed by atoms with E-state index in [1.165, 1.54) is 0 Å². The van der Waals surface area contributed by atoms with E-state index in [0.717, 1.165) is 6.42 Å². The molecule has 0 saturated carbocycles. The highest BCUT2D eigenvalue weighted by atomic mass is 16.5. The fraction of sp³-hybridized carbons (Fsp3) is 0.875. The minimum Gasteiger partial charge on any atom is -0.395 e. The van der Waals surface area contributed by atoms with Crippen molar-refractivity contribution in [3.63, 3.8) is 0 Å². The van der Waals surface area contributed by atoms with Gasteiger partial charge in [-0.2, -0.15) is 0 Å². The van der Waals surface area contributed by atoms with Gasteiger partial charge in [-0.05, 0) is 12.8 Å². The summed E-state index contributed by atoms with van der Waals surface area (Å²) in [5, 5.41) is 11.0. The Morgan fingerprint density at radius 3 is 2.92 bits per heavy atom. The average Bonchev–Trinajstić information content (AvgIpc) is 2.15. The van der Waals surface area contributed by atoms with Gasteiger partial charge in [-0.25, -0.2) is 0 Å². The van der Waals surface area contributed by atoms with Crippen LogP contribution in [0.3, 0.4) is 0 Å². The van der Waals surface area contributed by atoms with E-state index in [1.54, 1.807) is 0 Å². The van der Waals surface area contributed by atoms with Crippen molar-refractivity contribution in [1.82, 2.24) is 5.32 Å². The molecule has 76 valence electrons. The zero-order valence-corrected chi connectivity index (χ0v) is 7.53. The minimum absolute atomic E-state index is 0.0437. The van der Waals surface area contributed by atoms with Gasteiger partial charge in [0.1, 0.15) is 6.10 Å². The van der Waals surface area contributed by atoms with Crippen LogP contribution in [0.1, 0.15) is 12.8 Å². The van der Waals surface area contributed by atoms with Gasteiger partial charge in [0, 0.05) is 12.6 Å². The van der Waals surface area contributed by atoms with Gasteiger partial charge >= 0.3 is 0 Å². The van der Waals surface area contributed by atoms with Crippen LogP contribution < -0.4 is 11.1 Å². The van der Waals surface area contributed by atoms with E-state index >= 15 is 0 Å². The molecule has 1 amide bonds. The molecular weight excluding hydrogens is 172 g/mol. The van der Waals surface area contributed by atoms with Crippen LogP contribution in [0.2, 0.25) is 0 Å². The monoisotopic (exact) mass is 188 g/mol. The lowest BCUT2D eigenvalue weighted by atomic mass is 10.1. The van der Waals surface area contributed by atoms with Crippen LogP contribution in [0, 0.1) is 0 Å². The highest BCUT2D eigenvalue weighted by Gasteiger charge is 2.24. The molecule has 0 radical (unpaired) electrons. The maximum Gasteiger partial charge on any atom is 0.249 e. The maximum atomic E-state index is 11.3. The highest BCUT2D eigenvalue weighted by molar-refractivity contribution is 5.80. The molecular formula is C8H16N2O3. The summed E-state index contributed by atoms with van der Waals surface area (Å²) < 4.78 is 5.23. The zero-order chi connectivity index (χ0) is 9.68. The number of nitrogens with two attached hydrogens (primary N) is 1. The van der Waals surface area contributed by atoms with E-state index in [1.807, 2.05) is 0 Å². The Labute approximate surface area is 77.2 Å². The van der Waals surface area contributed by atoms with Crippen LogP contribution in [0.25, 0.3) is 0 Å². The minimum atomic E-state index is -0.383. The first-order chi connectivity index (χ1) is 6.24. The van der Waals surface area contributed by atoms with Crippen molar-refractivity contribution in [2.75, 3.05) is 19.8 Å². The topological polar surface area (TPSA) is 84.6 Å². The summed E-state index contributed by atoms with van der Waals surface area (Å²) in [4.78, 5) is 11.3. The number of hydrogen-bond donors (Lipinski definition) is 3. The molecule has 13 heavy (non-hydrogen) atoms. The Morgan fingerprint density at radius 1 is 1.62 bits per heavy atom. The third-order valence-electron chi connectivity index (χ3n) is 2.01. The van der Waals surface area contributed by atoms with Crippen molar-refractivity contribution < 1.29 is 14.6 Å². The third kappa shape index (κ3) is 3.30. The summed E-state index contributed by atoms with van der Waals surface area (Å²) >= 11 is 0. The van der Waals surface area contributed by atoms with Crippen LogP contribution in [-0.2, 0) is 9.53 Å².